The third-order valence-electron chi connectivity index (χ3n) is 3.78. The van der Waals surface area contributed by atoms with Crippen molar-refractivity contribution in [2.24, 2.45) is 0 Å². The Balaban J connectivity index is 1.65. The Morgan fingerprint density at radius 3 is 2.91 bits per heavy atom. The summed E-state index contributed by atoms with van der Waals surface area (Å²) in [6.45, 7) is 0.972. The predicted octanol–water partition coefficient (Wildman–Crippen LogP) is 3.35. The first-order valence-electron chi connectivity index (χ1n) is 7.14. The lowest BCUT2D eigenvalue weighted by molar-refractivity contribution is -0.116. The molecule has 0 fully saturated rings. The summed E-state index contributed by atoms with van der Waals surface area (Å²) >= 11 is 6.08. The summed E-state index contributed by atoms with van der Waals surface area (Å²) in [5, 5.41) is 3.63. The van der Waals surface area contributed by atoms with Gasteiger partial charge in [-0.05, 0) is 36.2 Å². The molecular formula is C17H17ClN2O2. The first-order chi connectivity index (χ1) is 10.7. The number of carbonyl (C=O) groups is 1. The molecule has 3 rings (SSSR count). The maximum Gasteiger partial charge on any atom is 0.246 e. The molecule has 0 aromatic heterocycles. The standard InChI is InChI=1S/C17H17ClN2O2/c1-22-16-7-6-13(10-14(16)18)19-11-17(21)20-9-8-12-4-2-3-5-15(12)20/h2-7,10,19H,8-9,11H2,1H3. The molecule has 2 aromatic carbocycles. The first-order valence-corrected chi connectivity index (χ1v) is 7.52. The molecule has 1 amide bonds. The van der Waals surface area contributed by atoms with Crippen LogP contribution in [0.15, 0.2) is 42.5 Å². The highest BCUT2D eigenvalue weighted by Gasteiger charge is 2.23. The Morgan fingerprint density at radius 1 is 1.32 bits per heavy atom. The van der Waals surface area contributed by atoms with Crippen molar-refractivity contribution in [3.8, 4) is 5.75 Å². The fourth-order valence-corrected chi connectivity index (χ4v) is 2.90. The van der Waals surface area contributed by atoms with Gasteiger partial charge >= 0.3 is 0 Å². The van der Waals surface area contributed by atoms with Gasteiger partial charge < -0.3 is 15.0 Å². The second-order valence-electron chi connectivity index (χ2n) is 5.13. The number of carbonyl (C=O) groups excluding carboxylic acids is 1. The second kappa shape index (κ2) is 6.28. The lowest BCUT2D eigenvalue weighted by Gasteiger charge is -2.18. The molecule has 0 bridgehead atoms. The second-order valence-corrected chi connectivity index (χ2v) is 5.53. The molecule has 4 nitrogen and oxygen atoms in total. The number of halogens is 1. The van der Waals surface area contributed by atoms with E-state index in [1.54, 1.807) is 19.2 Å². The van der Waals surface area contributed by atoms with E-state index in [9.17, 15) is 4.79 Å². The highest BCUT2D eigenvalue weighted by molar-refractivity contribution is 6.32. The van der Waals surface area contributed by atoms with Gasteiger partial charge in [0.05, 0.1) is 18.7 Å². The van der Waals surface area contributed by atoms with Crippen molar-refractivity contribution in [1.29, 1.82) is 0 Å². The molecular weight excluding hydrogens is 300 g/mol. The van der Waals surface area contributed by atoms with Gasteiger partial charge in [-0.3, -0.25) is 4.79 Å². The van der Waals surface area contributed by atoms with E-state index in [4.69, 9.17) is 16.3 Å². The SMILES string of the molecule is COc1ccc(NCC(=O)N2CCc3ccccc32)cc1Cl. The van der Waals surface area contributed by atoms with Crippen molar-refractivity contribution < 1.29 is 9.53 Å². The molecule has 0 saturated heterocycles. The smallest absolute Gasteiger partial charge is 0.246 e. The predicted molar refractivity (Wildman–Crippen MR) is 89.0 cm³/mol. The quantitative estimate of drug-likeness (QED) is 0.940. The average Bonchev–Trinajstić information content (AvgIpc) is 2.97. The van der Waals surface area contributed by atoms with E-state index in [0.717, 1.165) is 24.3 Å². The minimum atomic E-state index is 0.0527. The fraction of sp³-hybridized carbons (Fsp3) is 0.235. The van der Waals surface area contributed by atoms with Crippen molar-refractivity contribution in [3.05, 3.63) is 53.1 Å². The molecule has 1 heterocycles. The summed E-state index contributed by atoms with van der Waals surface area (Å²) in [5.74, 6) is 0.670. The van der Waals surface area contributed by atoms with Crippen LogP contribution in [0.25, 0.3) is 0 Å². The van der Waals surface area contributed by atoms with Crippen molar-refractivity contribution in [3.63, 3.8) is 0 Å². The van der Waals surface area contributed by atoms with Crippen LogP contribution in [0.5, 0.6) is 5.75 Å². The molecule has 0 unspecified atom stereocenters. The Labute approximate surface area is 134 Å². The molecule has 0 aliphatic carbocycles. The van der Waals surface area contributed by atoms with Gasteiger partial charge in [0, 0.05) is 17.9 Å². The van der Waals surface area contributed by atoms with Gasteiger partial charge in [-0.25, -0.2) is 0 Å². The minimum absolute atomic E-state index is 0.0527. The van der Waals surface area contributed by atoms with Crippen LogP contribution in [0.1, 0.15) is 5.56 Å². The Hall–Kier alpha value is -2.20. The number of nitrogens with zero attached hydrogens (tertiary/aromatic N) is 1. The summed E-state index contributed by atoms with van der Waals surface area (Å²) < 4.78 is 5.11. The number of ether oxygens (including phenoxy) is 1. The maximum absolute atomic E-state index is 12.4. The molecule has 22 heavy (non-hydrogen) atoms. The van der Waals surface area contributed by atoms with E-state index < -0.39 is 0 Å². The molecule has 114 valence electrons. The van der Waals surface area contributed by atoms with Gasteiger partial charge in [0.15, 0.2) is 0 Å². The highest BCUT2D eigenvalue weighted by atomic mass is 35.5. The van der Waals surface area contributed by atoms with Crippen molar-refractivity contribution >= 4 is 28.9 Å². The number of amides is 1. The maximum atomic E-state index is 12.4. The zero-order chi connectivity index (χ0) is 15.5. The molecule has 0 radical (unpaired) electrons. The van der Waals surface area contributed by atoms with Gasteiger partial charge in [0.2, 0.25) is 5.91 Å². The van der Waals surface area contributed by atoms with Gasteiger partial charge in [-0.1, -0.05) is 29.8 Å². The number of hydrogen-bond acceptors (Lipinski definition) is 3. The zero-order valence-corrected chi connectivity index (χ0v) is 13.1. The van der Waals surface area contributed by atoms with E-state index in [2.05, 4.69) is 11.4 Å². The monoisotopic (exact) mass is 316 g/mol. The van der Waals surface area contributed by atoms with Crippen LogP contribution in [-0.2, 0) is 11.2 Å². The number of rotatable bonds is 4. The topological polar surface area (TPSA) is 41.6 Å². The lowest BCUT2D eigenvalue weighted by Crippen LogP contribution is -2.34. The van der Waals surface area contributed by atoms with Gasteiger partial charge in [-0.15, -0.1) is 0 Å². The van der Waals surface area contributed by atoms with Crippen molar-refractivity contribution in [2.45, 2.75) is 6.42 Å². The molecule has 2 aromatic rings. The molecule has 1 aliphatic heterocycles. The number of fused-ring (bicyclic) bond motifs is 1. The Bertz CT molecular complexity index is 703. The molecule has 5 heteroatoms. The van der Waals surface area contributed by atoms with Crippen molar-refractivity contribution in [1.82, 2.24) is 0 Å². The molecule has 0 atom stereocenters. The average molecular weight is 317 g/mol. The van der Waals surface area contributed by atoms with Gasteiger partial charge in [-0.2, -0.15) is 0 Å². The zero-order valence-electron chi connectivity index (χ0n) is 12.3. The largest absolute Gasteiger partial charge is 0.495 e. The summed E-state index contributed by atoms with van der Waals surface area (Å²) in [7, 11) is 1.57. The molecule has 1 aliphatic rings. The highest BCUT2D eigenvalue weighted by Crippen LogP contribution is 2.28. The van der Waals surface area contributed by atoms with Crippen LogP contribution in [0.4, 0.5) is 11.4 Å². The number of methoxy groups -OCH3 is 1. The minimum Gasteiger partial charge on any atom is -0.495 e. The first kappa shape index (κ1) is 14.7. The third-order valence-corrected chi connectivity index (χ3v) is 4.08. The Kier molecular flexibility index (Phi) is 4.20. The van der Waals surface area contributed by atoms with Gasteiger partial charge in [0.25, 0.3) is 0 Å². The summed E-state index contributed by atoms with van der Waals surface area (Å²) in [6, 6.07) is 13.4. The summed E-state index contributed by atoms with van der Waals surface area (Å²) in [6.07, 6.45) is 0.913. The molecule has 0 spiro atoms. The van der Waals surface area contributed by atoms with Crippen molar-refractivity contribution in [2.75, 3.05) is 30.4 Å². The Morgan fingerprint density at radius 2 is 2.14 bits per heavy atom. The third kappa shape index (κ3) is 2.88. The van der Waals surface area contributed by atoms with Crippen LogP contribution < -0.4 is 15.0 Å². The number of para-hydroxylation sites is 1. The van der Waals surface area contributed by atoms with E-state index in [0.29, 0.717) is 10.8 Å². The number of nitrogens with one attached hydrogen (secondary N) is 1. The number of anilines is 2. The number of hydrogen-bond donors (Lipinski definition) is 1. The van der Waals surface area contributed by atoms with E-state index in [-0.39, 0.29) is 12.5 Å². The van der Waals surface area contributed by atoms with Crippen LogP contribution in [0, 0.1) is 0 Å². The summed E-state index contributed by atoms with van der Waals surface area (Å²) in [5.41, 5.74) is 3.04. The number of benzene rings is 2. The van der Waals surface area contributed by atoms with Gasteiger partial charge in [0.1, 0.15) is 5.75 Å². The van der Waals surface area contributed by atoms with Crippen LogP contribution in [0.3, 0.4) is 0 Å². The van der Waals surface area contributed by atoms with E-state index >= 15 is 0 Å². The molecule has 1 N–H and O–H groups in total. The fourth-order valence-electron chi connectivity index (χ4n) is 2.65. The summed E-state index contributed by atoms with van der Waals surface area (Å²) in [4.78, 5) is 14.2. The van der Waals surface area contributed by atoms with Crippen LogP contribution >= 0.6 is 11.6 Å². The lowest BCUT2D eigenvalue weighted by atomic mass is 10.2. The van der Waals surface area contributed by atoms with Crippen LogP contribution in [-0.4, -0.2) is 26.1 Å². The normalized spacial score (nSPS) is 12.9. The molecule has 0 saturated carbocycles. The van der Waals surface area contributed by atoms with E-state index in [1.165, 1.54) is 5.56 Å². The van der Waals surface area contributed by atoms with Crippen LogP contribution in [0.2, 0.25) is 5.02 Å². The van der Waals surface area contributed by atoms with E-state index in [1.807, 2.05) is 29.2 Å².